The quantitative estimate of drug-likeness (QED) is 0.802. The number of carbonyl (C=O) groups excluding carboxylic acids is 2. The van der Waals surface area contributed by atoms with Crippen LogP contribution in [-0.2, 0) is 11.3 Å². The van der Waals surface area contributed by atoms with Crippen LogP contribution in [0, 0.1) is 0 Å². The molecule has 1 aromatic heterocycles. The number of nitrogens with zero attached hydrogens (tertiary/aromatic N) is 4. The van der Waals surface area contributed by atoms with E-state index in [0.29, 0.717) is 5.89 Å². The van der Waals surface area contributed by atoms with Crippen molar-refractivity contribution in [3.05, 3.63) is 36.2 Å². The summed E-state index contributed by atoms with van der Waals surface area (Å²) in [6.45, 7) is 0.184. The van der Waals surface area contributed by atoms with Gasteiger partial charge in [0.05, 0.1) is 0 Å². The minimum Gasteiger partial charge on any atom is -0.419 e. The Morgan fingerprint density at radius 3 is 2.64 bits per heavy atom. The zero-order chi connectivity index (χ0) is 15.1. The summed E-state index contributed by atoms with van der Waals surface area (Å²) in [5.74, 6) is 0.434. The van der Waals surface area contributed by atoms with Crippen molar-refractivity contribution in [2.24, 2.45) is 0 Å². The number of carbonyl (C=O) groups is 2. The van der Waals surface area contributed by atoms with E-state index in [9.17, 15) is 9.59 Å². The number of rotatable bonds is 4. The maximum Gasteiger partial charge on any atom is 0.327 e. The molecule has 22 heavy (non-hydrogen) atoms. The minimum absolute atomic E-state index is 0.0285. The van der Waals surface area contributed by atoms with Gasteiger partial charge in [0.2, 0.25) is 11.8 Å². The largest absolute Gasteiger partial charge is 0.419 e. The topological polar surface area (TPSA) is 79.5 Å². The first-order valence-electron chi connectivity index (χ1n) is 7.21. The zero-order valence-electron chi connectivity index (χ0n) is 11.8. The van der Waals surface area contributed by atoms with E-state index < -0.39 is 0 Å². The highest BCUT2D eigenvalue weighted by molar-refractivity contribution is 6.02. The molecule has 2 aromatic rings. The summed E-state index contributed by atoms with van der Waals surface area (Å²) in [4.78, 5) is 27.0. The molecule has 7 nitrogen and oxygen atoms in total. The van der Waals surface area contributed by atoms with Crippen LogP contribution in [0.25, 0.3) is 11.5 Å². The highest BCUT2D eigenvalue weighted by atomic mass is 16.4. The normalized spacial score (nSPS) is 18.4. The molecule has 0 atom stereocenters. The lowest BCUT2D eigenvalue weighted by Gasteiger charge is -2.14. The number of benzene rings is 1. The molecule has 0 spiro atoms. The van der Waals surface area contributed by atoms with Crippen LogP contribution in [0.1, 0.15) is 18.7 Å². The van der Waals surface area contributed by atoms with Gasteiger partial charge in [-0.2, -0.15) is 0 Å². The number of hydrogen-bond donors (Lipinski definition) is 0. The van der Waals surface area contributed by atoms with Crippen LogP contribution in [0.2, 0.25) is 0 Å². The van der Waals surface area contributed by atoms with Crippen LogP contribution in [0.4, 0.5) is 4.79 Å². The van der Waals surface area contributed by atoms with Gasteiger partial charge in [0.1, 0.15) is 13.1 Å². The highest BCUT2D eigenvalue weighted by Gasteiger charge is 2.44. The van der Waals surface area contributed by atoms with Crippen molar-refractivity contribution in [3.8, 4) is 11.5 Å². The molecule has 2 fully saturated rings. The molecule has 1 saturated heterocycles. The van der Waals surface area contributed by atoms with Crippen LogP contribution in [0.5, 0.6) is 0 Å². The fourth-order valence-corrected chi connectivity index (χ4v) is 2.54. The molecule has 1 aliphatic heterocycles. The summed E-state index contributed by atoms with van der Waals surface area (Å²) < 4.78 is 5.55. The molecule has 1 aromatic carbocycles. The number of urea groups is 1. The number of hydrogen-bond acceptors (Lipinski definition) is 5. The van der Waals surface area contributed by atoms with Crippen LogP contribution >= 0.6 is 0 Å². The molecule has 1 aliphatic carbocycles. The highest BCUT2D eigenvalue weighted by Crippen LogP contribution is 2.30. The Morgan fingerprint density at radius 1 is 1.14 bits per heavy atom. The summed E-state index contributed by atoms with van der Waals surface area (Å²) in [5, 5.41) is 7.89. The molecule has 0 unspecified atom stereocenters. The van der Waals surface area contributed by atoms with Crippen LogP contribution in [0.3, 0.4) is 0 Å². The SMILES string of the molecule is O=C1CN(C2CC2)C(=O)N1Cc1nnc(-c2ccccc2)o1. The van der Waals surface area contributed by atoms with Crippen molar-refractivity contribution in [1.29, 1.82) is 0 Å². The van der Waals surface area contributed by atoms with Crippen molar-refractivity contribution < 1.29 is 14.0 Å². The van der Waals surface area contributed by atoms with Gasteiger partial charge in [-0.1, -0.05) is 18.2 Å². The molecule has 7 heteroatoms. The van der Waals surface area contributed by atoms with Crippen molar-refractivity contribution in [1.82, 2.24) is 20.0 Å². The second-order valence-corrected chi connectivity index (χ2v) is 5.49. The van der Waals surface area contributed by atoms with Crippen LogP contribution in [0.15, 0.2) is 34.7 Å². The maximum atomic E-state index is 12.2. The van der Waals surface area contributed by atoms with E-state index >= 15 is 0 Å². The zero-order valence-corrected chi connectivity index (χ0v) is 11.8. The van der Waals surface area contributed by atoms with E-state index in [4.69, 9.17) is 4.42 Å². The monoisotopic (exact) mass is 298 g/mol. The van der Waals surface area contributed by atoms with Gasteiger partial charge >= 0.3 is 6.03 Å². The maximum absolute atomic E-state index is 12.2. The molecule has 0 radical (unpaired) electrons. The molecular weight excluding hydrogens is 284 g/mol. The van der Waals surface area contributed by atoms with Gasteiger partial charge in [-0.15, -0.1) is 10.2 Å². The predicted octanol–water partition coefficient (Wildman–Crippen LogP) is 1.66. The Kier molecular flexibility index (Phi) is 2.92. The Hall–Kier alpha value is -2.70. The first-order chi connectivity index (χ1) is 10.7. The van der Waals surface area contributed by atoms with E-state index in [1.165, 1.54) is 4.90 Å². The van der Waals surface area contributed by atoms with Crippen LogP contribution < -0.4 is 0 Å². The Morgan fingerprint density at radius 2 is 1.91 bits per heavy atom. The summed E-state index contributed by atoms with van der Waals surface area (Å²) in [7, 11) is 0. The van der Waals surface area contributed by atoms with Crippen LogP contribution in [-0.4, -0.2) is 44.5 Å². The summed E-state index contributed by atoms with van der Waals surface area (Å²) >= 11 is 0. The lowest BCUT2D eigenvalue weighted by molar-refractivity contribution is -0.126. The second-order valence-electron chi connectivity index (χ2n) is 5.49. The first-order valence-corrected chi connectivity index (χ1v) is 7.21. The van der Waals surface area contributed by atoms with Gasteiger partial charge in [0.15, 0.2) is 0 Å². The molecule has 2 aliphatic rings. The summed E-state index contributed by atoms with van der Waals surface area (Å²) in [5.41, 5.74) is 0.805. The number of amides is 3. The molecule has 2 heterocycles. The molecule has 0 N–H and O–H groups in total. The number of aromatic nitrogens is 2. The standard InChI is InChI=1S/C15H14N4O3/c20-13-9-18(11-6-7-11)15(21)19(13)8-12-16-17-14(22-12)10-4-2-1-3-5-10/h1-5,11H,6-9H2. The third-order valence-electron chi connectivity index (χ3n) is 3.85. The van der Waals surface area contributed by atoms with Gasteiger partial charge in [-0.3, -0.25) is 9.69 Å². The van der Waals surface area contributed by atoms with E-state index in [-0.39, 0.29) is 37.0 Å². The van der Waals surface area contributed by atoms with Gasteiger partial charge < -0.3 is 9.32 Å². The third-order valence-corrected chi connectivity index (χ3v) is 3.85. The average Bonchev–Trinajstić information content (AvgIpc) is 3.21. The summed E-state index contributed by atoms with van der Waals surface area (Å²) in [6, 6.07) is 9.34. The van der Waals surface area contributed by atoms with E-state index in [1.807, 2.05) is 30.3 Å². The fraction of sp³-hybridized carbons (Fsp3) is 0.333. The van der Waals surface area contributed by atoms with Gasteiger partial charge in [-0.05, 0) is 25.0 Å². The summed E-state index contributed by atoms with van der Waals surface area (Å²) in [6.07, 6.45) is 1.96. The fourth-order valence-electron chi connectivity index (χ4n) is 2.54. The van der Waals surface area contributed by atoms with E-state index in [0.717, 1.165) is 18.4 Å². The average molecular weight is 298 g/mol. The molecular formula is C15H14N4O3. The Labute approximate surface area is 126 Å². The predicted molar refractivity (Wildman–Crippen MR) is 75.4 cm³/mol. The van der Waals surface area contributed by atoms with Crippen molar-refractivity contribution in [2.45, 2.75) is 25.4 Å². The smallest absolute Gasteiger partial charge is 0.327 e. The lowest BCUT2D eigenvalue weighted by atomic mass is 10.2. The Bertz CT molecular complexity index is 723. The van der Waals surface area contributed by atoms with Crippen molar-refractivity contribution in [3.63, 3.8) is 0 Å². The Balaban J connectivity index is 1.51. The van der Waals surface area contributed by atoms with E-state index in [2.05, 4.69) is 10.2 Å². The molecule has 0 bridgehead atoms. The van der Waals surface area contributed by atoms with Crippen molar-refractivity contribution in [2.75, 3.05) is 6.54 Å². The van der Waals surface area contributed by atoms with Gasteiger partial charge in [-0.25, -0.2) is 4.79 Å². The van der Waals surface area contributed by atoms with Crippen molar-refractivity contribution >= 4 is 11.9 Å². The first kappa shape index (κ1) is 13.0. The number of imide groups is 1. The molecule has 4 rings (SSSR count). The lowest BCUT2D eigenvalue weighted by Crippen LogP contribution is -2.33. The molecule has 3 amide bonds. The van der Waals surface area contributed by atoms with E-state index in [1.54, 1.807) is 4.90 Å². The second kappa shape index (κ2) is 4.94. The third kappa shape index (κ3) is 2.24. The van der Waals surface area contributed by atoms with Gasteiger partial charge in [0.25, 0.3) is 5.91 Å². The minimum atomic E-state index is -0.257. The van der Waals surface area contributed by atoms with Gasteiger partial charge in [0, 0.05) is 11.6 Å². The molecule has 1 saturated carbocycles. The molecule has 112 valence electrons.